The molecular formula is C13H12F3N3O3S. The maximum absolute atomic E-state index is 12.5. The van der Waals surface area contributed by atoms with Crippen LogP contribution in [0.15, 0.2) is 35.2 Å². The fraction of sp³-hybridized carbons (Fsp3) is 0.231. The van der Waals surface area contributed by atoms with Crippen LogP contribution in [0, 0.1) is 0 Å². The highest BCUT2D eigenvalue weighted by molar-refractivity contribution is 7.92. The SMILES string of the molecule is CCC(=O)c1cccc(S(=O)(=O)Nc2cc(C(F)(F)F)[nH]n2)c1. The van der Waals surface area contributed by atoms with Crippen molar-refractivity contribution in [3.05, 3.63) is 41.6 Å². The third-order valence-electron chi connectivity index (χ3n) is 2.91. The minimum atomic E-state index is -4.66. The molecule has 0 spiro atoms. The van der Waals surface area contributed by atoms with Crippen molar-refractivity contribution in [2.24, 2.45) is 0 Å². The standard InChI is InChI=1S/C13H12F3N3O3S/c1-2-10(20)8-4-3-5-9(6-8)23(21,22)19-12-7-11(17-18-12)13(14,15)16/h3-7H,2H2,1H3,(H2,17,18,19). The molecule has 2 N–H and O–H groups in total. The quantitative estimate of drug-likeness (QED) is 0.814. The molecule has 1 aromatic carbocycles. The second kappa shape index (κ2) is 6.03. The Balaban J connectivity index is 2.29. The zero-order chi connectivity index (χ0) is 17.3. The van der Waals surface area contributed by atoms with Gasteiger partial charge in [-0.05, 0) is 12.1 Å². The summed E-state index contributed by atoms with van der Waals surface area (Å²) in [4.78, 5) is 11.4. The Morgan fingerprint density at radius 3 is 2.57 bits per heavy atom. The van der Waals surface area contributed by atoms with Crippen molar-refractivity contribution in [2.45, 2.75) is 24.4 Å². The van der Waals surface area contributed by atoms with Gasteiger partial charge in [0.1, 0.15) is 5.69 Å². The number of halogens is 3. The molecule has 0 aliphatic rings. The number of carbonyl (C=O) groups is 1. The molecule has 0 atom stereocenters. The summed E-state index contributed by atoms with van der Waals surface area (Å²) in [7, 11) is -4.16. The van der Waals surface area contributed by atoms with Crippen molar-refractivity contribution >= 4 is 21.6 Å². The Kier molecular flexibility index (Phi) is 4.46. The number of sulfonamides is 1. The van der Waals surface area contributed by atoms with Crippen LogP contribution in [0.25, 0.3) is 0 Å². The molecule has 0 amide bonds. The first-order valence-electron chi connectivity index (χ1n) is 6.42. The smallest absolute Gasteiger partial charge is 0.294 e. The number of rotatable bonds is 5. The van der Waals surface area contributed by atoms with Crippen LogP contribution in [0.3, 0.4) is 0 Å². The summed E-state index contributed by atoms with van der Waals surface area (Å²) in [5.41, 5.74) is -0.974. The lowest BCUT2D eigenvalue weighted by Crippen LogP contribution is -2.14. The van der Waals surface area contributed by atoms with E-state index in [1.54, 1.807) is 12.0 Å². The first-order chi connectivity index (χ1) is 10.6. The van der Waals surface area contributed by atoms with E-state index in [0.29, 0.717) is 6.07 Å². The van der Waals surface area contributed by atoms with E-state index in [-0.39, 0.29) is 22.7 Å². The van der Waals surface area contributed by atoms with Crippen molar-refractivity contribution in [1.29, 1.82) is 0 Å². The third kappa shape index (κ3) is 3.89. The lowest BCUT2D eigenvalue weighted by molar-refractivity contribution is -0.141. The summed E-state index contributed by atoms with van der Waals surface area (Å²) in [6.07, 6.45) is -4.46. The lowest BCUT2D eigenvalue weighted by Gasteiger charge is -2.06. The first-order valence-corrected chi connectivity index (χ1v) is 7.90. The van der Waals surface area contributed by atoms with Gasteiger partial charge in [0.15, 0.2) is 11.6 Å². The normalized spacial score (nSPS) is 12.2. The molecule has 23 heavy (non-hydrogen) atoms. The molecule has 0 saturated carbocycles. The monoisotopic (exact) mass is 347 g/mol. The topological polar surface area (TPSA) is 91.9 Å². The van der Waals surface area contributed by atoms with E-state index in [2.05, 4.69) is 5.10 Å². The molecule has 0 aliphatic heterocycles. The lowest BCUT2D eigenvalue weighted by atomic mass is 10.1. The van der Waals surface area contributed by atoms with Crippen LogP contribution in [0.4, 0.5) is 19.0 Å². The molecule has 0 aliphatic carbocycles. The largest absolute Gasteiger partial charge is 0.432 e. The van der Waals surface area contributed by atoms with Crippen molar-refractivity contribution in [3.8, 4) is 0 Å². The highest BCUT2D eigenvalue weighted by Gasteiger charge is 2.33. The number of aromatic amines is 1. The highest BCUT2D eigenvalue weighted by atomic mass is 32.2. The Morgan fingerprint density at radius 1 is 1.30 bits per heavy atom. The van der Waals surface area contributed by atoms with Gasteiger partial charge in [0.25, 0.3) is 10.0 Å². The Bertz CT molecular complexity index is 828. The second-order valence-electron chi connectivity index (χ2n) is 4.57. The number of alkyl halides is 3. The number of anilines is 1. The van der Waals surface area contributed by atoms with Crippen LogP contribution in [0.5, 0.6) is 0 Å². The number of hydrogen-bond acceptors (Lipinski definition) is 4. The maximum Gasteiger partial charge on any atom is 0.432 e. The van der Waals surface area contributed by atoms with E-state index in [1.165, 1.54) is 18.2 Å². The van der Waals surface area contributed by atoms with Gasteiger partial charge in [-0.2, -0.15) is 18.3 Å². The zero-order valence-electron chi connectivity index (χ0n) is 11.8. The van der Waals surface area contributed by atoms with Crippen molar-refractivity contribution in [1.82, 2.24) is 10.2 Å². The van der Waals surface area contributed by atoms with E-state index in [9.17, 15) is 26.4 Å². The number of H-pyrrole nitrogens is 1. The van der Waals surface area contributed by atoms with Gasteiger partial charge < -0.3 is 0 Å². The van der Waals surface area contributed by atoms with Crippen LogP contribution >= 0.6 is 0 Å². The Hall–Kier alpha value is -2.36. The van der Waals surface area contributed by atoms with Crippen molar-refractivity contribution < 1.29 is 26.4 Å². The molecule has 6 nitrogen and oxygen atoms in total. The molecule has 124 valence electrons. The van der Waals surface area contributed by atoms with Crippen LogP contribution in [0.1, 0.15) is 29.4 Å². The van der Waals surface area contributed by atoms with Crippen molar-refractivity contribution in [2.75, 3.05) is 4.72 Å². The van der Waals surface area contributed by atoms with E-state index in [0.717, 1.165) is 6.07 Å². The van der Waals surface area contributed by atoms with Crippen LogP contribution in [-0.4, -0.2) is 24.4 Å². The Labute approximate surface area is 129 Å². The molecule has 0 unspecified atom stereocenters. The number of benzene rings is 1. The minimum absolute atomic E-state index is 0.200. The number of aromatic nitrogens is 2. The van der Waals surface area contributed by atoms with E-state index in [1.807, 2.05) is 4.72 Å². The number of Topliss-reactive ketones (excluding diaryl/α,β-unsaturated/α-hetero) is 1. The van der Waals surface area contributed by atoms with E-state index < -0.39 is 27.7 Å². The number of nitrogens with one attached hydrogen (secondary N) is 2. The van der Waals surface area contributed by atoms with Crippen molar-refractivity contribution in [3.63, 3.8) is 0 Å². The molecule has 2 rings (SSSR count). The molecule has 0 saturated heterocycles. The van der Waals surface area contributed by atoms with Crippen LogP contribution < -0.4 is 4.72 Å². The average molecular weight is 347 g/mol. The highest BCUT2D eigenvalue weighted by Crippen LogP contribution is 2.29. The average Bonchev–Trinajstić information content (AvgIpc) is 2.94. The van der Waals surface area contributed by atoms with Crippen LogP contribution in [0.2, 0.25) is 0 Å². The van der Waals surface area contributed by atoms with Gasteiger partial charge in [-0.25, -0.2) is 8.42 Å². The van der Waals surface area contributed by atoms with Gasteiger partial charge in [-0.3, -0.25) is 14.6 Å². The first kappa shape index (κ1) is 17.0. The van der Waals surface area contributed by atoms with Gasteiger partial charge in [0.05, 0.1) is 4.90 Å². The number of hydrogen-bond donors (Lipinski definition) is 2. The maximum atomic E-state index is 12.5. The molecule has 2 aromatic rings. The summed E-state index contributed by atoms with van der Waals surface area (Å²) >= 11 is 0. The Morgan fingerprint density at radius 2 is 2.00 bits per heavy atom. The van der Waals surface area contributed by atoms with Gasteiger partial charge >= 0.3 is 6.18 Å². The van der Waals surface area contributed by atoms with E-state index >= 15 is 0 Å². The zero-order valence-corrected chi connectivity index (χ0v) is 12.6. The summed E-state index contributed by atoms with van der Waals surface area (Å²) in [6.45, 7) is 1.63. The van der Waals surface area contributed by atoms with Gasteiger partial charge in [0.2, 0.25) is 0 Å². The number of carbonyl (C=O) groups excluding carboxylic acids is 1. The molecule has 1 heterocycles. The predicted molar refractivity (Wildman–Crippen MR) is 75.5 cm³/mol. The van der Waals surface area contributed by atoms with E-state index in [4.69, 9.17) is 0 Å². The molecule has 0 bridgehead atoms. The molecule has 0 fully saturated rings. The predicted octanol–water partition coefficient (Wildman–Crippen LogP) is 2.82. The molecule has 1 aromatic heterocycles. The number of nitrogens with zero attached hydrogens (tertiary/aromatic N) is 1. The summed E-state index contributed by atoms with van der Waals surface area (Å²) in [5, 5.41) is 4.97. The fourth-order valence-corrected chi connectivity index (χ4v) is 2.79. The molecule has 10 heteroatoms. The molecule has 0 radical (unpaired) electrons. The van der Waals surface area contributed by atoms with Crippen LogP contribution in [-0.2, 0) is 16.2 Å². The third-order valence-corrected chi connectivity index (χ3v) is 4.26. The summed E-state index contributed by atoms with van der Waals surface area (Å²) in [5.74, 6) is -0.745. The fourth-order valence-electron chi connectivity index (χ4n) is 1.76. The van der Waals surface area contributed by atoms with Gasteiger partial charge in [0, 0.05) is 18.1 Å². The van der Waals surface area contributed by atoms with Gasteiger partial charge in [-0.15, -0.1) is 0 Å². The summed E-state index contributed by atoms with van der Waals surface area (Å²) in [6, 6.07) is 5.76. The molecular weight excluding hydrogens is 335 g/mol. The summed E-state index contributed by atoms with van der Waals surface area (Å²) < 4.78 is 63.6. The number of ketones is 1. The second-order valence-corrected chi connectivity index (χ2v) is 6.26. The minimum Gasteiger partial charge on any atom is -0.294 e. The van der Waals surface area contributed by atoms with Gasteiger partial charge in [-0.1, -0.05) is 19.1 Å².